The number of methoxy groups -OCH3 is 2. The number of hydrogen-bond acceptors (Lipinski definition) is 3. The van der Waals surface area contributed by atoms with Gasteiger partial charge in [-0.3, -0.25) is 0 Å². The first-order valence-corrected chi connectivity index (χ1v) is 9.71. The number of aromatic nitrogens is 1. The second-order valence-corrected chi connectivity index (χ2v) is 7.16. The molecule has 0 radical (unpaired) electrons. The molecule has 0 saturated heterocycles. The van der Waals surface area contributed by atoms with E-state index in [1.54, 1.807) is 26.4 Å². The first kappa shape index (κ1) is 19.3. The van der Waals surface area contributed by atoms with Gasteiger partial charge in [-0.25, -0.2) is 4.39 Å². The number of halogens is 1. The second kappa shape index (κ2) is 8.13. The highest BCUT2D eigenvalue weighted by atomic mass is 32.1. The third kappa shape index (κ3) is 3.78. The summed E-state index contributed by atoms with van der Waals surface area (Å²) in [6, 6.07) is 16.0. The topological polar surface area (TPSA) is 38.7 Å². The van der Waals surface area contributed by atoms with Crippen molar-refractivity contribution >= 4 is 23.0 Å². The number of ether oxygens (including phenoxy) is 2. The number of thiocarbonyl (C=S) groups is 1. The Hall–Kier alpha value is -3.06. The molecule has 7 heteroatoms. The predicted octanol–water partition coefficient (Wildman–Crippen LogP) is 4.45. The Morgan fingerprint density at radius 2 is 1.93 bits per heavy atom. The minimum Gasteiger partial charge on any atom is -0.497 e. The number of nitrogens with one attached hydrogen (secondary N) is 1. The molecule has 150 valence electrons. The first-order chi connectivity index (χ1) is 14.1. The lowest BCUT2D eigenvalue weighted by molar-refractivity contribution is 0.284. The number of hydrogen-bond donors (Lipinski definition) is 1. The third-order valence-corrected chi connectivity index (χ3v) is 5.44. The summed E-state index contributed by atoms with van der Waals surface area (Å²) in [6.45, 7) is 1.50. The molecule has 3 aromatic rings. The van der Waals surface area contributed by atoms with E-state index < -0.39 is 0 Å². The van der Waals surface area contributed by atoms with Gasteiger partial charge in [-0.15, -0.1) is 0 Å². The van der Waals surface area contributed by atoms with Crippen molar-refractivity contribution in [3.8, 4) is 11.5 Å². The van der Waals surface area contributed by atoms with Gasteiger partial charge in [-0.05, 0) is 60.7 Å². The maximum Gasteiger partial charge on any atom is 0.174 e. The molecule has 1 aromatic heterocycles. The number of rotatable bonds is 4. The largest absolute Gasteiger partial charge is 0.497 e. The molecule has 0 spiro atoms. The van der Waals surface area contributed by atoms with Crippen molar-refractivity contribution in [2.45, 2.75) is 12.6 Å². The molecule has 5 nitrogen and oxygen atoms in total. The Morgan fingerprint density at radius 3 is 2.69 bits per heavy atom. The summed E-state index contributed by atoms with van der Waals surface area (Å²) in [5.74, 6) is 1.19. The molecule has 1 aliphatic rings. The molecule has 0 bridgehead atoms. The van der Waals surface area contributed by atoms with E-state index in [0.717, 1.165) is 29.3 Å². The van der Waals surface area contributed by atoms with Crippen LogP contribution in [0.3, 0.4) is 0 Å². The van der Waals surface area contributed by atoms with Crippen LogP contribution in [0.5, 0.6) is 11.5 Å². The van der Waals surface area contributed by atoms with E-state index in [4.69, 9.17) is 21.7 Å². The highest BCUT2D eigenvalue weighted by molar-refractivity contribution is 7.80. The summed E-state index contributed by atoms with van der Waals surface area (Å²) in [5, 5.41) is 3.70. The number of fused-ring (bicyclic) bond motifs is 1. The normalized spacial score (nSPS) is 15.6. The molecule has 2 heterocycles. The summed E-state index contributed by atoms with van der Waals surface area (Å²) < 4.78 is 26.9. The number of anilines is 1. The smallest absolute Gasteiger partial charge is 0.174 e. The average Bonchev–Trinajstić information content (AvgIpc) is 3.21. The van der Waals surface area contributed by atoms with Crippen LogP contribution >= 0.6 is 12.2 Å². The van der Waals surface area contributed by atoms with Crippen LogP contribution in [0.1, 0.15) is 17.3 Å². The average molecular weight is 412 g/mol. The molecule has 0 saturated carbocycles. The SMILES string of the molecule is COc1ccc(OC)c([C@H]2c3cccn3CCN2C(=S)Nc2cccc(F)c2)c1. The van der Waals surface area contributed by atoms with Gasteiger partial charge in [-0.2, -0.15) is 0 Å². The lowest BCUT2D eigenvalue weighted by Gasteiger charge is -2.39. The van der Waals surface area contributed by atoms with E-state index in [9.17, 15) is 4.39 Å². The number of benzene rings is 2. The van der Waals surface area contributed by atoms with Gasteiger partial charge in [0.2, 0.25) is 0 Å². The summed E-state index contributed by atoms with van der Waals surface area (Å²) in [7, 11) is 3.30. The van der Waals surface area contributed by atoms with Gasteiger partial charge in [0, 0.05) is 36.2 Å². The van der Waals surface area contributed by atoms with Gasteiger partial charge in [0.25, 0.3) is 0 Å². The predicted molar refractivity (Wildman–Crippen MR) is 115 cm³/mol. The van der Waals surface area contributed by atoms with Crippen molar-refractivity contribution in [3.05, 3.63) is 77.9 Å². The summed E-state index contributed by atoms with van der Waals surface area (Å²) in [5.41, 5.74) is 2.67. The Labute approximate surface area is 174 Å². The fourth-order valence-corrected chi connectivity index (χ4v) is 4.06. The molecular weight excluding hydrogens is 389 g/mol. The second-order valence-electron chi connectivity index (χ2n) is 6.77. The molecule has 0 fully saturated rings. The summed E-state index contributed by atoms with van der Waals surface area (Å²) in [6.07, 6.45) is 2.06. The van der Waals surface area contributed by atoms with Gasteiger partial charge < -0.3 is 24.3 Å². The minimum absolute atomic E-state index is 0.169. The van der Waals surface area contributed by atoms with Crippen molar-refractivity contribution in [3.63, 3.8) is 0 Å². The fraction of sp³-hybridized carbons (Fsp3) is 0.227. The van der Waals surface area contributed by atoms with Gasteiger partial charge >= 0.3 is 0 Å². The lowest BCUT2D eigenvalue weighted by Crippen LogP contribution is -2.44. The fourth-order valence-electron chi connectivity index (χ4n) is 3.74. The molecule has 1 atom stereocenters. The van der Waals surface area contributed by atoms with Crippen LogP contribution in [0.4, 0.5) is 10.1 Å². The Kier molecular flexibility index (Phi) is 5.40. The molecule has 2 aromatic carbocycles. The van der Waals surface area contributed by atoms with Crippen molar-refractivity contribution < 1.29 is 13.9 Å². The van der Waals surface area contributed by atoms with E-state index in [1.807, 2.05) is 24.3 Å². The van der Waals surface area contributed by atoms with Crippen LogP contribution in [-0.2, 0) is 6.54 Å². The lowest BCUT2D eigenvalue weighted by atomic mass is 9.99. The van der Waals surface area contributed by atoms with E-state index >= 15 is 0 Å². The molecule has 1 aliphatic heterocycles. The van der Waals surface area contributed by atoms with Gasteiger partial charge in [0.05, 0.1) is 14.2 Å². The van der Waals surface area contributed by atoms with Crippen LogP contribution in [0.15, 0.2) is 60.8 Å². The molecule has 29 heavy (non-hydrogen) atoms. The highest BCUT2D eigenvalue weighted by Crippen LogP contribution is 2.39. The van der Waals surface area contributed by atoms with Crippen LogP contribution in [0.2, 0.25) is 0 Å². The van der Waals surface area contributed by atoms with Crippen molar-refractivity contribution in [2.24, 2.45) is 0 Å². The van der Waals surface area contributed by atoms with Crippen molar-refractivity contribution in [2.75, 3.05) is 26.1 Å². The van der Waals surface area contributed by atoms with E-state index in [2.05, 4.69) is 27.0 Å². The van der Waals surface area contributed by atoms with Gasteiger partial charge in [-0.1, -0.05) is 6.07 Å². The third-order valence-electron chi connectivity index (χ3n) is 5.11. The quantitative estimate of drug-likeness (QED) is 0.643. The van der Waals surface area contributed by atoms with Crippen molar-refractivity contribution in [1.82, 2.24) is 9.47 Å². The monoisotopic (exact) mass is 411 g/mol. The number of nitrogens with zero attached hydrogens (tertiary/aromatic N) is 2. The maximum absolute atomic E-state index is 13.6. The van der Waals surface area contributed by atoms with Crippen LogP contribution in [0.25, 0.3) is 0 Å². The summed E-state index contributed by atoms with van der Waals surface area (Å²) >= 11 is 5.73. The summed E-state index contributed by atoms with van der Waals surface area (Å²) in [4.78, 5) is 2.10. The highest BCUT2D eigenvalue weighted by Gasteiger charge is 2.33. The van der Waals surface area contributed by atoms with Gasteiger partial charge in [0.15, 0.2) is 5.11 Å². The zero-order chi connectivity index (χ0) is 20.4. The van der Waals surface area contributed by atoms with Crippen molar-refractivity contribution in [1.29, 1.82) is 0 Å². The van der Waals surface area contributed by atoms with E-state index in [1.165, 1.54) is 12.1 Å². The van der Waals surface area contributed by atoms with E-state index in [0.29, 0.717) is 17.3 Å². The van der Waals surface area contributed by atoms with Crippen LogP contribution in [0, 0.1) is 5.82 Å². The molecule has 0 unspecified atom stereocenters. The maximum atomic E-state index is 13.6. The molecule has 4 rings (SSSR count). The van der Waals surface area contributed by atoms with E-state index in [-0.39, 0.29) is 11.9 Å². The van der Waals surface area contributed by atoms with Gasteiger partial charge in [0.1, 0.15) is 23.4 Å². The Morgan fingerprint density at radius 1 is 1.07 bits per heavy atom. The zero-order valence-corrected chi connectivity index (χ0v) is 17.1. The first-order valence-electron chi connectivity index (χ1n) is 9.31. The Balaban J connectivity index is 1.75. The molecule has 0 amide bonds. The zero-order valence-electron chi connectivity index (χ0n) is 16.3. The molecule has 0 aliphatic carbocycles. The Bertz CT molecular complexity index is 1040. The minimum atomic E-state index is -0.309. The molecular formula is C22H22FN3O2S. The van der Waals surface area contributed by atoms with Crippen LogP contribution in [-0.4, -0.2) is 35.3 Å². The molecule has 1 N–H and O–H groups in total. The standard InChI is InChI=1S/C22H22FN3O2S/c1-27-17-8-9-20(28-2)18(14-17)21-19-7-4-10-25(19)11-12-26(21)22(29)24-16-6-3-5-15(23)13-16/h3-10,13-14,21H,11-12H2,1-2H3,(H,24,29)/t21-/m0/s1. The van der Waals surface area contributed by atoms with Crippen LogP contribution < -0.4 is 14.8 Å².